The number of urea groups is 3. The van der Waals surface area contributed by atoms with E-state index in [-0.39, 0.29) is 67.2 Å². The zero-order chi connectivity index (χ0) is 75.6. The van der Waals surface area contributed by atoms with Crippen LogP contribution in [0.1, 0.15) is 229 Å². The van der Waals surface area contributed by atoms with Gasteiger partial charge in [-0.15, -0.1) is 0 Å². The molecule has 6 fully saturated rings. The minimum absolute atomic E-state index is 0.00943. The number of aliphatic hydroxyl groups is 5. The highest BCUT2D eigenvalue weighted by Gasteiger charge is 2.45. The van der Waals surface area contributed by atoms with Crippen molar-refractivity contribution in [3.63, 3.8) is 0 Å². The summed E-state index contributed by atoms with van der Waals surface area (Å²) < 4.78 is 5.23. The Morgan fingerprint density at radius 2 is 0.781 bits per heavy atom. The van der Waals surface area contributed by atoms with Gasteiger partial charge in [0.2, 0.25) is 0 Å². The summed E-state index contributed by atoms with van der Waals surface area (Å²) in [5.41, 5.74) is -0.728. The maximum absolute atomic E-state index is 13.5. The maximum Gasteiger partial charge on any atom is 0.317 e. The van der Waals surface area contributed by atoms with Crippen molar-refractivity contribution < 1.29 is 44.7 Å². The highest BCUT2D eigenvalue weighted by molar-refractivity contribution is 6.31. The molecular weight excluding hydrogens is 1390 g/mol. The zero-order valence-corrected chi connectivity index (χ0v) is 67.5. The number of hydrogen-bond donors (Lipinski definition) is 9. The number of aliphatic hydroxyl groups excluding tert-OH is 2. The minimum Gasteiger partial charge on any atom is -0.396 e. The monoisotopic (exact) mass is 1520 g/mol. The van der Waals surface area contributed by atoms with E-state index in [2.05, 4.69) is 59.3 Å². The molecule has 3 aromatic rings. The number of likely N-dealkylation sites (tertiary alicyclic amines) is 3. The number of likely N-dealkylation sites (N-methyl/N-ethyl adjacent to an activating group) is 3. The van der Waals surface area contributed by atoms with Crippen molar-refractivity contribution in [1.29, 1.82) is 0 Å². The van der Waals surface area contributed by atoms with Crippen LogP contribution in [0.4, 0.5) is 14.4 Å². The molecule has 9 N–H and O–H groups in total. The standard InChI is InChI=1S/C29H48ClN3O3.C28H46ClN3O3.C27H44ClN3O3/c1-32(2)22-27(19-23-11-5-4-6-12-23)31-28(34)33-17-10-14-25(21-33)29(35,16-7-8-18-36-3)24-13-9-15-26(30)20-24;1-31(2)21-26(18-22-10-4-3-5-11-22)30-27(34)32-16-9-13-24(20-32)28(35,15-6-7-17-33)23-12-8-14-25(29)19-23;1-29-19-25(17-21-9-3-2-4-10-21)30-26(33)31-15-8-12-23(20-31)27(34,14-5-6-16-32)22-11-7-13-24(28)18-22/h9,13,15,20,23,25,27,35H,4-8,10-12,14,16-19,21-22H2,1-3H3,(H,31,34);8,12,14,19,22,24,26,33,35H,3-7,9-11,13,15-18,20-21H2,1-2H3,(H,30,34);7,11,13,18,21,23,25,29,32,34H,2-6,8-10,12,14-17,19-20H2,1H3,(H,30,33)/t25-,27+,29-;24-,26+,28-;23-,25+,27-/m111/s1. The highest BCUT2D eigenvalue weighted by Crippen LogP contribution is 2.44. The quantitative estimate of drug-likeness (QED) is 0.0255. The molecular formula is C84H138Cl3N9O9. The first-order chi connectivity index (χ1) is 50.6. The van der Waals surface area contributed by atoms with Crippen LogP contribution in [0.5, 0.6) is 0 Å². The first kappa shape index (κ1) is 88.2. The smallest absolute Gasteiger partial charge is 0.317 e. The number of hydrogen-bond acceptors (Lipinski definition) is 12. The Bertz CT molecular complexity index is 2960. The lowest BCUT2D eigenvalue weighted by Crippen LogP contribution is -2.54. The number of ether oxygens (including phenoxy) is 1. The van der Waals surface area contributed by atoms with Crippen molar-refractivity contribution in [2.75, 3.05) is 121 Å². The second-order valence-electron chi connectivity index (χ2n) is 32.7. The summed E-state index contributed by atoms with van der Waals surface area (Å²) in [6, 6.07) is 22.9. The fourth-order valence-corrected chi connectivity index (χ4v) is 18.9. The maximum atomic E-state index is 13.5. The van der Waals surface area contributed by atoms with Crippen molar-refractivity contribution >= 4 is 52.9 Å². The van der Waals surface area contributed by atoms with E-state index < -0.39 is 16.8 Å². The molecule has 0 aromatic heterocycles. The van der Waals surface area contributed by atoms with Gasteiger partial charge in [-0.3, -0.25) is 0 Å². The van der Waals surface area contributed by atoms with Gasteiger partial charge in [-0.1, -0.05) is 168 Å². The highest BCUT2D eigenvalue weighted by atomic mass is 35.5. The Morgan fingerprint density at radius 1 is 0.467 bits per heavy atom. The molecule has 3 saturated heterocycles. The second kappa shape index (κ2) is 46.6. The van der Waals surface area contributed by atoms with E-state index in [9.17, 15) is 39.9 Å². The van der Waals surface area contributed by atoms with Crippen LogP contribution in [0, 0.1) is 35.5 Å². The third-order valence-electron chi connectivity index (χ3n) is 23.8. The van der Waals surface area contributed by atoms with Crippen molar-refractivity contribution in [3.05, 3.63) is 105 Å². The molecule has 21 heteroatoms. The van der Waals surface area contributed by atoms with Crippen LogP contribution in [0.2, 0.25) is 15.1 Å². The van der Waals surface area contributed by atoms with E-state index in [0.29, 0.717) is 117 Å². The molecule has 18 nitrogen and oxygen atoms in total. The molecule has 9 rings (SSSR count). The molecule has 6 amide bonds. The van der Waals surface area contributed by atoms with E-state index in [1.165, 1.54) is 96.3 Å². The summed E-state index contributed by atoms with van der Waals surface area (Å²) in [5.74, 6) is 1.90. The number of methoxy groups -OCH3 is 1. The molecule has 105 heavy (non-hydrogen) atoms. The minimum atomic E-state index is -1.08. The average Bonchev–Trinajstić information content (AvgIpc) is 0.797. The van der Waals surface area contributed by atoms with E-state index in [4.69, 9.17) is 39.5 Å². The van der Waals surface area contributed by atoms with Crippen LogP contribution < -0.4 is 21.3 Å². The van der Waals surface area contributed by atoms with Crippen molar-refractivity contribution in [2.24, 2.45) is 35.5 Å². The van der Waals surface area contributed by atoms with E-state index in [1.807, 2.05) is 94.5 Å². The molecule has 3 saturated carbocycles. The lowest BCUT2D eigenvalue weighted by Gasteiger charge is -2.43. The molecule has 0 unspecified atom stereocenters. The lowest BCUT2D eigenvalue weighted by atomic mass is 9.74. The van der Waals surface area contributed by atoms with Gasteiger partial charge >= 0.3 is 18.1 Å². The van der Waals surface area contributed by atoms with Crippen molar-refractivity contribution in [3.8, 4) is 0 Å². The Kier molecular flexibility index (Phi) is 39.1. The van der Waals surface area contributed by atoms with E-state index >= 15 is 0 Å². The van der Waals surface area contributed by atoms with Gasteiger partial charge in [-0.05, 0) is 222 Å². The molecule has 0 spiro atoms. The number of amides is 6. The van der Waals surface area contributed by atoms with Gasteiger partial charge in [0, 0.05) is 137 Å². The molecule has 6 aliphatic rings. The number of rotatable bonds is 34. The molecule has 3 aliphatic carbocycles. The summed E-state index contributed by atoms with van der Waals surface area (Å²) in [6.45, 7) is 7.11. The van der Waals surface area contributed by atoms with Gasteiger partial charge in [0.25, 0.3) is 0 Å². The SMILES string of the molecule is CN(C)C[C@H](CC1CCCCC1)NC(=O)N1CCC[C@@H]([C@@](O)(CCCCO)c2cccc(Cl)c2)C1.CNC[C@H](CC1CCCCC1)NC(=O)N1CCC[C@@H]([C@@](O)(CCCCO)c2cccc(Cl)c2)C1.COCCCC[C@@](O)(c1cccc(Cl)c1)[C@@H]1CCCN(C(=O)N[C@@H](CC2CCCCC2)CN(C)C)C1. The molecule has 3 aromatic carbocycles. The van der Waals surface area contributed by atoms with Crippen LogP contribution in [-0.2, 0) is 21.5 Å². The van der Waals surface area contributed by atoms with Gasteiger partial charge in [0.1, 0.15) is 0 Å². The van der Waals surface area contributed by atoms with Gasteiger partial charge in [-0.25, -0.2) is 14.4 Å². The summed E-state index contributed by atoms with van der Waals surface area (Å²) in [7, 11) is 11.9. The van der Waals surface area contributed by atoms with Crippen LogP contribution in [0.3, 0.4) is 0 Å². The molecule has 594 valence electrons. The number of carbonyl (C=O) groups excluding carboxylic acids is 3. The predicted molar refractivity (Wildman–Crippen MR) is 428 cm³/mol. The largest absolute Gasteiger partial charge is 0.396 e. The Labute approximate surface area is 647 Å². The molecule has 9 atom stereocenters. The van der Waals surface area contributed by atoms with Gasteiger partial charge in [0.15, 0.2) is 0 Å². The fraction of sp³-hybridized carbons (Fsp3) is 0.750. The molecule has 3 heterocycles. The van der Waals surface area contributed by atoms with E-state index in [1.54, 1.807) is 7.11 Å². The van der Waals surface area contributed by atoms with Crippen LogP contribution in [-0.4, -0.2) is 207 Å². The number of halogens is 3. The number of benzene rings is 3. The Hall–Kier alpha value is -4.02. The first-order valence-corrected chi connectivity index (χ1v) is 42.0. The molecule has 0 radical (unpaired) electrons. The van der Waals surface area contributed by atoms with Crippen molar-refractivity contribution in [1.82, 2.24) is 45.8 Å². The molecule has 3 aliphatic heterocycles. The van der Waals surface area contributed by atoms with E-state index in [0.717, 1.165) is 113 Å². The third kappa shape index (κ3) is 29.0. The lowest BCUT2D eigenvalue weighted by molar-refractivity contribution is -0.0567. The van der Waals surface area contributed by atoms with Gasteiger partial charge in [-0.2, -0.15) is 0 Å². The van der Waals surface area contributed by atoms with Crippen LogP contribution in [0.25, 0.3) is 0 Å². The zero-order valence-electron chi connectivity index (χ0n) is 65.2. The number of nitrogens with zero attached hydrogens (tertiary/aromatic N) is 5. The fourth-order valence-electron chi connectivity index (χ4n) is 18.3. The number of nitrogens with one attached hydrogen (secondary N) is 4. The number of unbranched alkanes of at least 4 members (excludes halogenated alkanes) is 3. The second-order valence-corrected chi connectivity index (χ2v) is 34.0. The number of piperidine rings is 3. The average molecular weight is 1520 g/mol. The van der Waals surface area contributed by atoms with Crippen molar-refractivity contribution in [2.45, 2.75) is 247 Å². The normalized spacial score (nSPS) is 22.1. The summed E-state index contributed by atoms with van der Waals surface area (Å²) in [4.78, 5) is 50.2. The topological polar surface area (TPSA) is 226 Å². The van der Waals surface area contributed by atoms with Gasteiger partial charge in [0.05, 0.1) is 16.8 Å². The van der Waals surface area contributed by atoms with Gasteiger partial charge < -0.3 is 76.0 Å². The third-order valence-corrected chi connectivity index (χ3v) is 24.6. The Balaban J connectivity index is 0.000000220. The summed E-state index contributed by atoms with van der Waals surface area (Å²) >= 11 is 18.9. The molecule has 0 bridgehead atoms. The van der Waals surface area contributed by atoms with Crippen LogP contribution >= 0.6 is 34.8 Å². The Morgan fingerprint density at radius 3 is 1.08 bits per heavy atom. The predicted octanol–water partition coefficient (Wildman–Crippen LogP) is 15.3. The van der Waals surface area contributed by atoms with Crippen LogP contribution in [0.15, 0.2) is 72.8 Å². The first-order valence-electron chi connectivity index (χ1n) is 40.9. The summed E-state index contributed by atoms with van der Waals surface area (Å²) in [6.07, 6.45) is 34.0. The number of carbonyl (C=O) groups is 3. The summed E-state index contributed by atoms with van der Waals surface area (Å²) in [5, 5.41) is 69.7.